The summed E-state index contributed by atoms with van der Waals surface area (Å²) in [6.07, 6.45) is 3.20. The molecule has 1 N–H and O–H groups in total. The van der Waals surface area contributed by atoms with Crippen LogP contribution >= 0.6 is 0 Å². The number of hydrogen-bond donors (Lipinski definition) is 1. The second kappa shape index (κ2) is 11.3. The van der Waals surface area contributed by atoms with E-state index in [-0.39, 0.29) is 0 Å². The van der Waals surface area contributed by atoms with Crippen molar-refractivity contribution in [2.45, 2.75) is 65.7 Å². The molecule has 3 aromatic rings. The topological polar surface area (TPSA) is 106 Å². The van der Waals surface area contributed by atoms with Crippen LogP contribution in [0.15, 0.2) is 70.6 Å². The minimum atomic E-state index is -0.765. The van der Waals surface area contributed by atoms with Gasteiger partial charge in [-0.3, -0.25) is 5.43 Å². The van der Waals surface area contributed by atoms with Crippen molar-refractivity contribution >= 4 is 24.1 Å². The summed E-state index contributed by atoms with van der Waals surface area (Å²) in [6, 6.07) is 14.4. The number of aromatic nitrogens is 1. The summed E-state index contributed by atoms with van der Waals surface area (Å²) in [7, 11) is 0. The molecule has 0 saturated heterocycles. The molecule has 0 aliphatic rings. The number of hydrogen-bond acceptors (Lipinski definition) is 8. The van der Waals surface area contributed by atoms with Crippen molar-refractivity contribution in [1.29, 1.82) is 0 Å². The summed E-state index contributed by atoms with van der Waals surface area (Å²) in [4.78, 5) is 30.7. The van der Waals surface area contributed by atoms with Gasteiger partial charge in [0.1, 0.15) is 11.2 Å². The minimum Gasteiger partial charge on any atom is -0.444 e. The Balaban J connectivity index is 1.68. The van der Waals surface area contributed by atoms with Gasteiger partial charge in [-0.25, -0.2) is 19.5 Å². The van der Waals surface area contributed by atoms with Crippen molar-refractivity contribution < 1.29 is 23.5 Å². The molecule has 2 aromatic carbocycles. The van der Waals surface area contributed by atoms with E-state index in [4.69, 9.17) is 13.9 Å². The number of anilines is 1. The maximum atomic E-state index is 12.9. The van der Waals surface area contributed by atoms with E-state index in [0.717, 1.165) is 27.3 Å². The van der Waals surface area contributed by atoms with E-state index < -0.39 is 29.4 Å². The van der Waals surface area contributed by atoms with Gasteiger partial charge in [0, 0.05) is 5.56 Å². The second-order valence-corrected chi connectivity index (χ2v) is 10.5. The molecular weight excluding hydrogens is 472 g/mol. The van der Waals surface area contributed by atoms with Gasteiger partial charge in [0.05, 0.1) is 24.1 Å². The fourth-order valence-corrected chi connectivity index (χ4v) is 3.27. The molecule has 0 aliphatic heterocycles. The van der Waals surface area contributed by atoms with Gasteiger partial charge >= 0.3 is 12.2 Å². The van der Waals surface area contributed by atoms with E-state index in [9.17, 15) is 9.59 Å². The number of amides is 2. The lowest BCUT2D eigenvalue weighted by molar-refractivity contribution is -0.00609. The van der Waals surface area contributed by atoms with Crippen molar-refractivity contribution in [3.63, 3.8) is 0 Å². The average Bonchev–Trinajstić information content (AvgIpc) is 3.32. The molecule has 37 heavy (non-hydrogen) atoms. The fraction of sp³-hybridized carbons (Fsp3) is 0.357. The Morgan fingerprint density at radius 1 is 0.946 bits per heavy atom. The summed E-state index contributed by atoms with van der Waals surface area (Å²) < 4.78 is 16.2. The van der Waals surface area contributed by atoms with Gasteiger partial charge in [0.15, 0.2) is 12.2 Å². The number of nitrogens with one attached hydrogen (secondary N) is 1. The van der Waals surface area contributed by atoms with E-state index in [1.54, 1.807) is 60.9 Å². The van der Waals surface area contributed by atoms with Gasteiger partial charge in [-0.1, -0.05) is 24.3 Å². The molecule has 3 rings (SSSR count). The number of hydrazone groups is 1. The SMILES string of the molecule is CC(c1ccc(/C=N/Nc2ccc(-c3cnco3)cc2)cc1)N(C(=O)OC(C)(C)C)C(=O)OC(C)(C)C. The third kappa shape index (κ3) is 8.20. The first-order valence-corrected chi connectivity index (χ1v) is 12.0. The lowest BCUT2D eigenvalue weighted by atomic mass is 10.1. The number of nitrogens with zero attached hydrogens (tertiary/aromatic N) is 3. The van der Waals surface area contributed by atoms with Crippen LogP contribution in [0.2, 0.25) is 0 Å². The quantitative estimate of drug-likeness (QED) is 0.283. The van der Waals surface area contributed by atoms with E-state index in [1.807, 2.05) is 48.5 Å². The Labute approximate surface area is 217 Å². The summed E-state index contributed by atoms with van der Waals surface area (Å²) >= 11 is 0. The smallest absolute Gasteiger partial charge is 0.420 e. The predicted octanol–water partition coefficient (Wildman–Crippen LogP) is 7.02. The highest BCUT2D eigenvalue weighted by molar-refractivity contribution is 5.89. The fourth-order valence-electron chi connectivity index (χ4n) is 3.27. The predicted molar refractivity (Wildman–Crippen MR) is 142 cm³/mol. The van der Waals surface area contributed by atoms with Gasteiger partial charge in [-0.15, -0.1) is 0 Å². The molecule has 0 fully saturated rings. The van der Waals surface area contributed by atoms with Crippen molar-refractivity contribution in [2.75, 3.05) is 5.43 Å². The third-order valence-electron chi connectivity index (χ3n) is 5.00. The molecule has 0 saturated carbocycles. The largest absolute Gasteiger partial charge is 0.444 e. The summed E-state index contributed by atoms with van der Waals surface area (Å²) in [5, 5.41) is 4.28. The molecule has 196 valence electrons. The molecule has 9 heteroatoms. The van der Waals surface area contributed by atoms with Crippen LogP contribution in [0.5, 0.6) is 0 Å². The van der Waals surface area contributed by atoms with Crippen LogP contribution in [0.25, 0.3) is 11.3 Å². The van der Waals surface area contributed by atoms with Gasteiger partial charge in [0.25, 0.3) is 0 Å². The number of benzene rings is 2. The molecule has 1 heterocycles. The van der Waals surface area contributed by atoms with Crippen LogP contribution in [0.1, 0.15) is 65.6 Å². The first-order chi connectivity index (χ1) is 17.3. The number of ether oxygens (including phenoxy) is 2. The van der Waals surface area contributed by atoms with Crippen molar-refractivity contribution in [3.8, 4) is 11.3 Å². The highest BCUT2D eigenvalue weighted by Crippen LogP contribution is 2.26. The molecule has 0 bridgehead atoms. The molecule has 1 unspecified atom stereocenters. The molecule has 0 radical (unpaired) electrons. The van der Waals surface area contributed by atoms with Gasteiger partial charge < -0.3 is 13.9 Å². The number of oxazole rings is 1. The monoisotopic (exact) mass is 506 g/mol. The van der Waals surface area contributed by atoms with Crippen LogP contribution in [0, 0.1) is 0 Å². The normalized spacial score (nSPS) is 12.7. The number of carbonyl (C=O) groups is 2. The van der Waals surface area contributed by atoms with Gasteiger partial charge in [-0.2, -0.15) is 5.10 Å². The maximum Gasteiger partial charge on any atom is 0.420 e. The standard InChI is InChI=1S/C28H34N4O5/c1-19(32(25(33)36-27(2,3)4)26(34)37-28(5,6)7)21-10-8-20(9-11-21)16-30-31-23-14-12-22(13-15-23)24-17-29-18-35-24/h8-19,31H,1-7H3/b30-16+. The molecule has 1 atom stereocenters. The van der Waals surface area contributed by atoms with E-state index >= 15 is 0 Å². The van der Waals surface area contributed by atoms with Crippen molar-refractivity contribution in [1.82, 2.24) is 9.88 Å². The zero-order valence-corrected chi connectivity index (χ0v) is 22.3. The molecule has 1 aromatic heterocycles. The minimum absolute atomic E-state index is 0.614. The Morgan fingerprint density at radius 2 is 1.51 bits per heavy atom. The van der Waals surface area contributed by atoms with Crippen LogP contribution in [0.3, 0.4) is 0 Å². The molecule has 0 spiro atoms. The van der Waals surface area contributed by atoms with Crippen LogP contribution in [0.4, 0.5) is 15.3 Å². The lowest BCUT2D eigenvalue weighted by Crippen LogP contribution is -2.44. The van der Waals surface area contributed by atoms with Crippen molar-refractivity contribution in [2.24, 2.45) is 5.10 Å². The number of imide groups is 1. The summed E-state index contributed by atoms with van der Waals surface area (Å²) in [5.41, 5.74) is 4.77. The molecule has 2 amide bonds. The Morgan fingerprint density at radius 3 is 2.00 bits per heavy atom. The lowest BCUT2D eigenvalue weighted by Gasteiger charge is -2.32. The zero-order valence-electron chi connectivity index (χ0n) is 22.3. The Bertz CT molecular complexity index is 1180. The second-order valence-electron chi connectivity index (χ2n) is 10.5. The molecule has 9 nitrogen and oxygen atoms in total. The number of rotatable bonds is 6. The van der Waals surface area contributed by atoms with Gasteiger partial charge in [-0.05, 0) is 83.9 Å². The van der Waals surface area contributed by atoms with Crippen LogP contribution in [-0.2, 0) is 9.47 Å². The first-order valence-electron chi connectivity index (χ1n) is 12.0. The first kappa shape index (κ1) is 27.4. The van der Waals surface area contributed by atoms with E-state index in [1.165, 1.54) is 6.39 Å². The highest BCUT2D eigenvalue weighted by Gasteiger charge is 2.35. The van der Waals surface area contributed by atoms with Crippen molar-refractivity contribution in [3.05, 3.63) is 72.2 Å². The van der Waals surface area contributed by atoms with Gasteiger partial charge in [0.2, 0.25) is 0 Å². The Hall–Kier alpha value is -4.14. The van der Waals surface area contributed by atoms with Crippen LogP contribution < -0.4 is 5.43 Å². The maximum absolute atomic E-state index is 12.9. The average molecular weight is 507 g/mol. The van der Waals surface area contributed by atoms with E-state index in [0.29, 0.717) is 5.76 Å². The zero-order chi connectivity index (χ0) is 27.2. The van der Waals surface area contributed by atoms with Crippen LogP contribution in [-0.4, -0.2) is 39.5 Å². The third-order valence-corrected chi connectivity index (χ3v) is 5.00. The van der Waals surface area contributed by atoms with E-state index in [2.05, 4.69) is 15.5 Å². The highest BCUT2D eigenvalue weighted by atomic mass is 16.6. The summed E-state index contributed by atoms with van der Waals surface area (Å²) in [5.74, 6) is 0.696. The molecular formula is C28H34N4O5. The number of carbonyl (C=O) groups excluding carboxylic acids is 2. The Kier molecular flexibility index (Phi) is 8.37. The molecule has 0 aliphatic carbocycles. The summed E-state index contributed by atoms with van der Waals surface area (Å²) in [6.45, 7) is 12.2.